The van der Waals surface area contributed by atoms with Crippen molar-refractivity contribution in [3.05, 3.63) is 71.8 Å². The quantitative estimate of drug-likeness (QED) is 0.193. The lowest BCUT2D eigenvalue weighted by Crippen LogP contribution is -2.57. The first-order valence-electron chi connectivity index (χ1n) is 14.3. The molecule has 0 heterocycles. The van der Waals surface area contributed by atoms with Crippen molar-refractivity contribution in [3.8, 4) is 0 Å². The third kappa shape index (κ3) is 7.94. The van der Waals surface area contributed by atoms with E-state index in [2.05, 4.69) is 10.6 Å². The van der Waals surface area contributed by atoms with E-state index in [1.54, 1.807) is 42.7 Å². The molecule has 0 bridgehead atoms. The van der Waals surface area contributed by atoms with E-state index in [0.717, 1.165) is 11.1 Å². The molecule has 1 aliphatic rings. The predicted octanol–water partition coefficient (Wildman–Crippen LogP) is 3.57. The molecule has 2 N–H and O–H groups in total. The van der Waals surface area contributed by atoms with Crippen molar-refractivity contribution in [1.29, 1.82) is 0 Å². The van der Waals surface area contributed by atoms with Gasteiger partial charge in [-0.15, -0.1) is 0 Å². The zero-order valence-electron chi connectivity index (χ0n) is 25.6. The number of carbonyl (C=O) groups is 2. The first-order chi connectivity index (χ1) is 20.3. The molecular weight excluding hydrogens is 573 g/mol. The molecule has 0 aromatic heterocycles. The molecule has 0 radical (unpaired) electrons. The van der Waals surface area contributed by atoms with Gasteiger partial charge in [0.15, 0.2) is 0 Å². The van der Waals surface area contributed by atoms with Crippen LogP contribution in [0.3, 0.4) is 0 Å². The number of carbonyl (C=O) groups excluding carboxylic acids is 2. The van der Waals surface area contributed by atoms with Crippen LogP contribution < -0.4 is 10.6 Å². The topological polar surface area (TPSA) is 114 Å². The van der Waals surface area contributed by atoms with Gasteiger partial charge in [-0.1, -0.05) is 60.7 Å². The minimum atomic E-state index is -2.74. The standard InChI is InChI=1S/C30H46N2O8Si2/c1-35-41(36-2,37-3)21-13-19-31-29(33)27-25(23-15-9-7-10-16-23)26(24-17-11-8-12-18-24)28(27)30(34)32-20-14-22-42(38-4,39-5)40-6/h7-12,15-18,25-28H,13-14,19-22H2,1-6H3,(H,31,33)(H,32,34). The van der Waals surface area contributed by atoms with Crippen LogP contribution in [-0.4, -0.2) is 85.2 Å². The van der Waals surface area contributed by atoms with Crippen LogP contribution in [-0.2, 0) is 36.1 Å². The van der Waals surface area contributed by atoms with Gasteiger partial charge in [-0.25, -0.2) is 0 Å². The maximum Gasteiger partial charge on any atom is 0.500 e. The molecule has 12 heteroatoms. The minimum absolute atomic E-state index is 0.139. The first kappa shape index (κ1) is 34.1. The largest absolute Gasteiger partial charge is 0.500 e. The molecule has 0 saturated heterocycles. The maximum absolute atomic E-state index is 13.8. The fourth-order valence-electron chi connectivity index (χ4n) is 5.96. The Morgan fingerprint density at radius 3 is 1.17 bits per heavy atom. The van der Waals surface area contributed by atoms with Gasteiger partial charge < -0.3 is 37.2 Å². The molecular formula is C30H46N2O8Si2. The van der Waals surface area contributed by atoms with E-state index in [0.29, 0.717) is 38.0 Å². The molecule has 4 unspecified atom stereocenters. The number of benzene rings is 2. The third-order valence-corrected chi connectivity index (χ3v) is 14.0. The SMILES string of the molecule is CO[Si](CCCNC(=O)C1C(C(=O)NCCC[Si](OC)(OC)OC)C(c2ccccc2)C1c1ccccc1)(OC)OC. The molecule has 10 nitrogen and oxygen atoms in total. The van der Waals surface area contributed by atoms with Gasteiger partial charge in [-0.05, 0) is 24.0 Å². The van der Waals surface area contributed by atoms with Gasteiger partial charge in [0.1, 0.15) is 0 Å². The molecule has 1 fully saturated rings. The Bertz CT molecular complexity index is 999. The van der Waals surface area contributed by atoms with Crippen molar-refractivity contribution in [2.24, 2.45) is 11.8 Å². The summed E-state index contributed by atoms with van der Waals surface area (Å²) in [6.45, 7) is 0.841. The molecule has 0 spiro atoms. The summed E-state index contributed by atoms with van der Waals surface area (Å²) in [5.41, 5.74) is 2.08. The monoisotopic (exact) mass is 618 g/mol. The van der Waals surface area contributed by atoms with Crippen LogP contribution in [0.5, 0.6) is 0 Å². The number of hydrogen-bond acceptors (Lipinski definition) is 8. The normalized spacial score (nSPS) is 20.5. The van der Waals surface area contributed by atoms with Crippen LogP contribution in [0, 0.1) is 11.8 Å². The highest BCUT2D eigenvalue weighted by Crippen LogP contribution is 2.58. The second-order valence-electron chi connectivity index (χ2n) is 10.3. The van der Waals surface area contributed by atoms with Crippen molar-refractivity contribution in [2.45, 2.75) is 36.8 Å². The van der Waals surface area contributed by atoms with Crippen molar-refractivity contribution in [3.63, 3.8) is 0 Å². The zero-order chi connectivity index (χ0) is 30.6. The lowest BCUT2D eigenvalue weighted by Gasteiger charge is -2.51. The molecule has 4 atom stereocenters. The number of hydrogen-bond donors (Lipinski definition) is 2. The van der Waals surface area contributed by atoms with E-state index in [-0.39, 0.29) is 23.7 Å². The van der Waals surface area contributed by atoms with Crippen LogP contribution in [0.25, 0.3) is 0 Å². The lowest BCUT2D eigenvalue weighted by molar-refractivity contribution is -0.144. The summed E-state index contributed by atoms with van der Waals surface area (Å²) in [6.07, 6.45) is 1.25. The molecule has 0 aliphatic heterocycles. The van der Waals surface area contributed by atoms with E-state index >= 15 is 0 Å². The Kier molecular flexibility index (Phi) is 13.3. The summed E-state index contributed by atoms with van der Waals surface area (Å²) < 4.78 is 33.0. The number of amides is 2. The van der Waals surface area contributed by atoms with Crippen LogP contribution >= 0.6 is 0 Å². The maximum atomic E-state index is 13.8. The molecule has 3 rings (SSSR count). The van der Waals surface area contributed by atoms with Crippen molar-refractivity contribution >= 4 is 29.4 Å². The predicted molar refractivity (Wildman–Crippen MR) is 164 cm³/mol. The lowest BCUT2D eigenvalue weighted by atomic mass is 9.52. The van der Waals surface area contributed by atoms with Crippen LogP contribution in [0.15, 0.2) is 60.7 Å². The smallest absolute Gasteiger partial charge is 0.377 e. The van der Waals surface area contributed by atoms with Gasteiger partial charge in [0.05, 0.1) is 11.8 Å². The van der Waals surface area contributed by atoms with Gasteiger partial charge in [-0.3, -0.25) is 9.59 Å². The summed E-state index contributed by atoms with van der Waals surface area (Å²) in [7, 11) is 3.96. The molecule has 2 amide bonds. The molecule has 42 heavy (non-hydrogen) atoms. The highest BCUT2D eigenvalue weighted by Gasteiger charge is 2.58. The summed E-state index contributed by atoms with van der Waals surface area (Å²) in [5, 5.41) is 6.18. The van der Waals surface area contributed by atoms with Gasteiger partial charge in [0.25, 0.3) is 0 Å². The Labute approximate surface area is 252 Å². The van der Waals surface area contributed by atoms with E-state index < -0.39 is 29.4 Å². The van der Waals surface area contributed by atoms with E-state index in [1.165, 1.54) is 0 Å². The Hall–Kier alpha value is -2.43. The van der Waals surface area contributed by atoms with Crippen LogP contribution in [0.2, 0.25) is 12.1 Å². The summed E-state index contributed by atoms with van der Waals surface area (Å²) in [5.74, 6) is -1.63. The van der Waals surface area contributed by atoms with Gasteiger partial charge in [0, 0.05) is 79.7 Å². The van der Waals surface area contributed by atoms with E-state index in [1.807, 2.05) is 60.7 Å². The van der Waals surface area contributed by atoms with Crippen LogP contribution in [0.4, 0.5) is 0 Å². The second-order valence-corrected chi connectivity index (χ2v) is 16.5. The van der Waals surface area contributed by atoms with Gasteiger partial charge >= 0.3 is 17.6 Å². The van der Waals surface area contributed by atoms with Crippen LogP contribution in [0.1, 0.15) is 35.8 Å². The molecule has 2 aromatic rings. The average Bonchev–Trinajstić information content (AvgIpc) is 3.02. The summed E-state index contributed by atoms with van der Waals surface area (Å²) >= 11 is 0. The van der Waals surface area contributed by atoms with E-state index in [9.17, 15) is 9.59 Å². The highest BCUT2D eigenvalue weighted by atomic mass is 28.4. The third-order valence-electron chi connectivity index (χ3n) is 8.31. The molecule has 232 valence electrons. The fourth-order valence-corrected chi connectivity index (χ4v) is 9.41. The summed E-state index contributed by atoms with van der Waals surface area (Å²) in [6, 6.07) is 21.1. The molecule has 1 saturated carbocycles. The number of nitrogens with one attached hydrogen (secondary N) is 2. The Balaban J connectivity index is 1.79. The fraction of sp³-hybridized carbons (Fsp3) is 0.533. The average molecular weight is 619 g/mol. The van der Waals surface area contributed by atoms with Gasteiger partial charge in [0.2, 0.25) is 11.8 Å². The van der Waals surface area contributed by atoms with Gasteiger partial charge in [-0.2, -0.15) is 0 Å². The highest BCUT2D eigenvalue weighted by molar-refractivity contribution is 6.60. The molecule has 1 aliphatic carbocycles. The molecule has 2 aromatic carbocycles. The Morgan fingerprint density at radius 1 is 0.571 bits per heavy atom. The summed E-state index contributed by atoms with van der Waals surface area (Å²) in [4.78, 5) is 27.6. The Morgan fingerprint density at radius 2 is 0.881 bits per heavy atom. The van der Waals surface area contributed by atoms with Crippen molar-refractivity contribution < 1.29 is 36.1 Å². The van der Waals surface area contributed by atoms with Crippen molar-refractivity contribution in [2.75, 3.05) is 55.7 Å². The minimum Gasteiger partial charge on any atom is -0.377 e. The number of rotatable bonds is 18. The van der Waals surface area contributed by atoms with Crippen molar-refractivity contribution in [1.82, 2.24) is 10.6 Å². The van der Waals surface area contributed by atoms with E-state index in [4.69, 9.17) is 26.6 Å². The first-order valence-corrected chi connectivity index (χ1v) is 18.2. The zero-order valence-corrected chi connectivity index (χ0v) is 27.6. The second kappa shape index (κ2) is 16.4.